The number of hydrogen-bond acceptors (Lipinski definition) is 1. The molecule has 2 atom stereocenters. The van der Waals surface area contributed by atoms with Crippen LogP contribution in [0.2, 0.25) is 0 Å². The zero-order valence-electron chi connectivity index (χ0n) is 8.24. The zero-order valence-corrected chi connectivity index (χ0v) is 8.24. The number of hydrogen-bond donors (Lipinski definition) is 1. The summed E-state index contributed by atoms with van der Waals surface area (Å²) in [6, 6.07) is 9.34. The maximum atomic E-state index is 3.63. The van der Waals surface area contributed by atoms with Gasteiger partial charge in [0.1, 0.15) is 0 Å². The molecule has 2 unspecified atom stereocenters. The molecule has 1 N–H and O–H groups in total. The highest BCUT2D eigenvalue weighted by atomic mass is 15.0. The maximum Gasteiger partial charge on any atom is 0.0382 e. The zero-order chi connectivity index (χ0) is 9.38. The van der Waals surface area contributed by atoms with Gasteiger partial charge in [-0.05, 0) is 30.9 Å². The molecule has 1 aromatic rings. The van der Waals surface area contributed by atoms with Crippen molar-refractivity contribution in [3.63, 3.8) is 0 Å². The number of benzene rings is 1. The summed E-state index contributed by atoms with van der Waals surface area (Å²) in [5, 5.41) is 3.63. The second kappa shape index (κ2) is 3.16. The molecule has 0 bridgehead atoms. The van der Waals surface area contributed by atoms with Gasteiger partial charge in [-0.1, -0.05) is 30.4 Å². The van der Waals surface area contributed by atoms with Gasteiger partial charge in [-0.15, -0.1) is 0 Å². The molecule has 1 aromatic carbocycles. The van der Waals surface area contributed by atoms with Crippen LogP contribution in [0, 0.1) is 0 Å². The number of para-hydroxylation sites is 1. The minimum atomic E-state index is 0.619. The first-order valence-corrected chi connectivity index (χ1v) is 5.47. The van der Waals surface area contributed by atoms with Gasteiger partial charge >= 0.3 is 0 Å². The Labute approximate surface area is 84.8 Å². The Balaban J connectivity index is 2.03. The van der Waals surface area contributed by atoms with Crippen LogP contribution in [0.4, 0.5) is 5.69 Å². The van der Waals surface area contributed by atoms with Crippen LogP contribution in [0.5, 0.6) is 0 Å². The third-order valence-electron chi connectivity index (χ3n) is 3.32. The Morgan fingerprint density at radius 3 is 3.14 bits per heavy atom. The summed E-state index contributed by atoms with van der Waals surface area (Å²) >= 11 is 0. The summed E-state index contributed by atoms with van der Waals surface area (Å²) in [5.74, 6) is 0.619. The van der Waals surface area contributed by atoms with E-state index in [4.69, 9.17) is 0 Å². The predicted octanol–water partition coefficient (Wildman–Crippen LogP) is 3.30. The van der Waals surface area contributed by atoms with E-state index in [0.717, 1.165) is 0 Å². The lowest BCUT2D eigenvalue weighted by Crippen LogP contribution is -2.17. The van der Waals surface area contributed by atoms with Gasteiger partial charge in [0.25, 0.3) is 0 Å². The van der Waals surface area contributed by atoms with Crippen molar-refractivity contribution in [2.45, 2.75) is 31.2 Å². The fraction of sp³-hybridized carbons (Fsp3) is 0.385. The average molecular weight is 185 g/mol. The summed E-state index contributed by atoms with van der Waals surface area (Å²) in [7, 11) is 0. The molecule has 0 fully saturated rings. The van der Waals surface area contributed by atoms with Gasteiger partial charge in [0.2, 0.25) is 0 Å². The SMILES string of the molecule is C1=CC2c3ccccc3NC2CCC1. The summed E-state index contributed by atoms with van der Waals surface area (Å²) in [5.41, 5.74) is 2.82. The van der Waals surface area contributed by atoms with Crippen LogP contribution in [-0.2, 0) is 0 Å². The van der Waals surface area contributed by atoms with E-state index in [9.17, 15) is 0 Å². The first kappa shape index (κ1) is 8.10. The van der Waals surface area contributed by atoms with Crippen molar-refractivity contribution in [3.8, 4) is 0 Å². The molecule has 0 saturated heterocycles. The number of allylic oxidation sites excluding steroid dienone is 1. The Kier molecular flexibility index (Phi) is 1.83. The highest BCUT2D eigenvalue weighted by Crippen LogP contribution is 2.39. The van der Waals surface area contributed by atoms with Gasteiger partial charge < -0.3 is 5.32 Å². The van der Waals surface area contributed by atoms with Gasteiger partial charge in [-0.25, -0.2) is 0 Å². The smallest absolute Gasteiger partial charge is 0.0382 e. The van der Waals surface area contributed by atoms with E-state index in [1.54, 1.807) is 0 Å². The second-order valence-corrected chi connectivity index (χ2v) is 4.22. The van der Waals surface area contributed by atoms with Crippen LogP contribution < -0.4 is 5.32 Å². The number of anilines is 1. The van der Waals surface area contributed by atoms with Crippen LogP contribution >= 0.6 is 0 Å². The number of fused-ring (bicyclic) bond motifs is 3. The van der Waals surface area contributed by atoms with Crippen LogP contribution in [0.3, 0.4) is 0 Å². The molecular formula is C13H15N. The topological polar surface area (TPSA) is 12.0 Å². The van der Waals surface area contributed by atoms with Crippen LogP contribution in [0.1, 0.15) is 30.7 Å². The van der Waals surface area contributed by atoms with Gasteiger partial charge in [0, 0.05) is 17.6 Å². The summed E-state index contributed by atoms with van der Waals surface area (Å²) in [4.78, 5) is 0. The Hall–Kier alpha value is -1.24. The first-order chi connectivity index (χ1) is 6.95. The summed E-state index contributed by atoms with van der Waals surface area (Å²) < 4.78 is 0. The van der Waals surface area contributed by atoms with Crippen molar-refractivity contribution < 1.29 is 0 Å². The highest BCUT2D eigenvalue weighted by Gasteiger charge is 2.29. The van der Waals surface area contributed by atoms with E-state index >= 15 is 0 Å². The second-order valence-electron chi connectivity index (χ2n) is 4.22. The lowest BCUT2D eigenvalue weighted by atomic mass is 9.94. The quantitative estimate of drug-likeness (QED) is 0.611. The van der Waals surface area contributed by atoms with Crippen LogP contribution in [0.15, 0.2) is 36.4 Å². The molecule has 0 spiro atoms. The van der Waals surface area contributed by atoms with Crippen molar-refractivity contribution in [1.29, 1.82) is 0 Å². The fourth-order valence-electron chi connectivity index (χ4n) is 2.61. The van der Waals surface area contributed by atoms with Crippen LogP contribution in [0.25, 0.3) is 0 Å². The summed E-state index contributed by atoms with van der Waals surface area (Å²) in [6.45, 7) is 0. The molecule has 3 rings (SSSR count). The third-order valence-corrected chi connectivity index (χ3v) is 3.32. The van der Waals surface area contributed by atoms with E-state index < -0.39 is 0 Å². The average Bonchev–Trinajstić information content (AvgIpc) is 2.42. The summed E-state index contributed by atoms with van der Waals surface area (Å²) in [6.07, 6.45) is 8.59. The molecule has 0 aromatic heterocycles. The lowest BCUT2D eigenvalue weighted by molar-refractivity contribution is 0.616. The standard InChI is InChI=1S/C13H15N/c1-2-6-10-11-7-4-5-9-13(11)14-12(10)8-3-1/h2,4-7,9-10,12,14H,1,3,8H2. The van der Waals surface area contributed by atoms with Crippen molar-refractivity contribution in [3.05, 3.63) is 42.0 Å². The van der Waals surface area contributed by atoms with E-state index in [0.29, 0.717) is 12.0 Å². The molecule has 0 radical (unpaired) electrons. The van der Waals surface area contributed by atoms with Gasteiger partial charge in [-0.2, -0.15) is 0 Å². The molecule has 0 saturated carbocycles. The fourth-order valence-corrected chi connectivity index (χ4v) is 2.61. The molecule has 1 nitrogen and oxygen atoms in total. The Bertz CT molecular complexity index is 367. The molecule has 0 amide bonds. The normalized spacial score (nSPS) is 28.9. The van der Waals surface area contributed by atoms with Crippen molar-refractivity contribution in [2.75, 3.05) is 5.32 Å². The van der Waals surface area contributed by atoms with Gasteiger partial charge in [0.15, 0.2) is 0 Å². The van der Waals surface area contributed by atoms with Gasteiger partial charge in [0.05, 0.1) is 0 Å². The molecule has 1 heteroatoms. The van der Waals surface area contributed by atoms with Crippen LogP contribution in [-0.4, -0.2) is 6.04 Å². The number of nitrogens with one attached hydrogen (secondary N) is 1. The molecule has 72 valence electrons. The van der Waals surface area contributed by atoms with Crippen molar-refractivity contribution in [1.82, 2.24) is 0 Å². The Morgan fingerprint density at radius 1 is 1.21 bits per heavy atom. The van der Waals surface area contributed by atoms with E-state index in [2.05, 4.69) is 41.7 Å². The molecular weight excluding hydrogens is 170 g/mol. The monoisotopic (exact) mass is 185 g/mol. The van der Waals surface area contributed by atoms with Gasteiger partial charge in [-0.3, -0.25) is 0 Å². The van der Waals surface area contributed by atoms with Crippen molar-refractivity contribution in [2.24, 2.45) is 0 Å². The van der Waals surface area contributed by atoms with E-state index in [1.807, 2.05) is 0 Å². The van der Waals surface area contributed by atoms with Crippen molar-refractivity contribution >= 4 is 5.69 Å². The molecule has 1 aliphatic carbocycles. The largest absolute Gasteiger partial charge is 0.381 e. The third kappa shape index (κ3) is 1.16. The maximum absolute atomic E-state index is 3.63. The lowest BCUT2D eigenvalue weighted by Gasteiger charge is -2.14. The first-order valence-electron chi connectivity index (χ1n) is 5.47. The minimum absolute atomic E-state index is 0.619. The predicted molar refractivity (Wildman–Crippen MR) is 59.6 cm³/mol. The van der Waals surface area contributed by atoms with E-state index in [1.165, 1.54) is 30.5 Å². The molecule has 1 aliphatic heterocycles. The van der Waals surface area contributed by atoms with E-state index in [-0.39, 0.29) is 0 Å². The minimum Gasteiger partial charge on any atom is -0.381 e. The molecule has 2 aliphatic rings. The molecule has 1 heterocycles. The number of rotatable bonds is 0. The molecule has 14 heavy (non-hydrogen) atoms. The highest BCUT2D eigenvalue weighted by molar-refractivity contribution is 5.60. The Morgan fingerprint density at radius 2 is 2.14 bits per heavy atom.